The number of pyridine rings is 2. The first-order valence-electron chi connectivity index (χ1n) is 14.3. The molecule has 0 aliphatic heterocycles. The number of nitrogens with one attached hydrogen (secondary N) is 2. The maximum Gasteiger partial charge on any atom is 0.306 e. The van der Waals surface area contributed by atoms with Gasteiger partial charge in [0.1, 0.15) is 5.65 Å². The van der Waals surface area contributed by atoms with Gasteiger partial charge in [0, 0.05) is 56.4 Å². The van der Waals surface area contributed by atoms with E-state index in [1.807, 2.05) is 32.2 Å². The van der Waals surface area contributed by atoms with Crippen LogP contribution in [0.2, 0.25) is 0 Å². The van der Waals surface area contributed by atoms with E-state index in [0.717, 1.165) is 21.7 Å². The van der Waals surface area contributed by atoms with Crippen LogP contribution in [0.1, 0.15) is 79.3 Å². The monoisotopic (exact) mass is 597 g/mol. The van der Waals surface area contributed by atoms with Crippen LogP contribution in [0, 0.1) is 35.3 Å². The summed E-state index contributed by atoms with van der Waals surface area (Å²) in [5.74, 6) is -0.503. The van der Waals surface area contributed by atoms with Crippen LogP contribution in [-0.4, -0.2) is 50.7 Å². The highest BCUT2D eigenvalue weighted by molar-refractivity contribution is 7.98. The van der Waals surface area contributed by atoms with Gasteiger partial charge < -0.3 is 19.6 Å². The number of ether oxygens (including phenoxy) is 1. The van der Waals surface area contributed by atoms with Gasteiger partial charge in [-0.2, -0.15) is 0 Å². The highest BCUT2D eigenvalue weighted by Crippen LogP contribution is 2.46. The van der Waals surface area contributed by atoms with E-state index < -0.39 is 11.4 Å². The van der Waals surface area contributed by atoms with Gasteiger partial charge in [-0.25, -0.2) is 4.98 Å². The number of amides is 1. The summed E-state index contributed by atoms with van der Waals surface area (Å²) in [6, 6.07) is 5.53. The van der Waals surface area contributed by atoms with Crippen LogP contribution in [0.15, 0.2) is 34.1 Å². The lowest BCUT2D eigenvalue weighted by molar-refractivity contribution is -0.499. The van der Waals surface area contributed by atoms with Crippen molar-refractivity contribution < 1.29 is 19.2 Å². The zero-order valence-electron chi connectivity index (χ0n) is 24.8. The number of nitrogens with zero attached hydrogens (tertiary/aromatic N) is 3. The van der Waals surface area contributed by atoms with Gasteiger partial charge in [-0.3, -0.25) is 24.5 Å². The van der Waals surface area contributed by atoms with Crippen LogP contribution in [0.5, 0.6) is 0 Å². The molecule has 1 aliphatic rings. The van der Waals surface area contributed by atoms with Crippen molar-refractivity contribution in [2.75, 3.05) is 19.4 Å². The number of thioether (sulfide) groups is 1. The Morgan fingerprint density at radius 1 is 1.33 bits per heavy atom. The van der Waals surface area contributed by atoms with Gasteiger partial charge in [0.25, 0.3) is 11.5 Å². The second-order valence-corrected chi connectivity index (χ2v) is 12.1. The molecule has 2 N–H and O–H groups in total. The zero-order chi connectivity index (χ0) is 30.6. The number of esters is 1. The summed E-state index contributed by atoms with van der Waals surface area (Å²) in [5, 5.41) is 15.2. The molecule has 3 heterocycles. The van der Waals surface area contributed by atoms with E-state index in [2.05, 4.69) is 26.8 Å². The number of H-pyrrole nitrogens is 1. The quantitative estimate of drug-likeness (QED) is 0.136. The highest BCUT2D eigenvalue weighted by atomic mass is 32.2. The fraction of sp³-hybridized carbons (Fsp3) is 0.533. The lowest BCUT2D eigenvalue weighted by Gasteiger charge is -2.39. The summed E-state index contributed by atoms with van der Waals surface area (Å²) in [7, 11) is 0. The summed E-state index contributed by atoms with van der Waals surface area (Å²) < 4.78 is 7.21. The molecule has 3 aromatic rings. The number of aryl methyl sites for hydroxylation is 1. The lowest BCUT2D eigenvalue weighted by atomic mass is 9.67. The van der Waals surface area contributed by atoms with Crippen LogP contribution < -0.4 is 10.9 Å². The van der Waals surface area contributed by atoms with Crippen molar-refractivity contribution in [2.24, 2.45) is 11.3 Å². The molecule has 11 nitrogen and oxygen atoms in total. The molecule has 226 valence electrons. The molecule has 1 atom stereocenters. The molecule has 42 heavy (non-hydrogen) atoms. The first kappa shape index (κ1) is 31.3. The highest BCUT2D eigenvalue weighted by Gasteiger charge is 2.43. The van der Waals surface area contributed by atoms with Crippen molar-refractivity contribution in [3.8, 4) is 0 Å². The van der Waals surface area contributed by atoms with E-state index in [1.165, 1.54) is 11.8 Å². The number of hydrogen-bond donors (Lipinski definition) is 2. The third kappa shape index (κ3) is 6.53. The Labute approximate surface area is 249 Å². The fourth-order valence-electron chi connectivity index (χ4n) is 6.46. The Morgan fingerprint density at radius 2 is 2.05 bits per heavy atom. The van der Waals surface area contributed by atoms with Gasteiger partial charge in [0.2, 0.25) is 6.54 Å². The molecule has 4 rings (SSSR count). The Hall–Kier alpha value is -3.67. The molecule has 0 saturated heterocycles. The number of hydrogen-bond acceptors (Lipinski definition) is 8. The SMILES string of the molecule is CCOC(=O)CC1(C[N+](=O)[O-])CCC(C(C)n2c(C)c(C(=O)NCc3c(SC)cc(C)[nH]c3=O)c3cccnc32)CC1. The summed E-state index contributed by atoms with van der Waals surface area (Å²) in [6.45, 7) is 7.63. The first-order valence-corrected chi connectivity index (χ1v) is 15.5. The molecule has 0 radical (unpaired) electrons. The Morgan fingerprint density at radius 3 is 2.69 bits per heavy atom. The topological polar surface area (TPSA) is 149 Å². The Balaban J connectivity index is 1.58. The van der Waals surface area contributed by atoms with Crippen molar-refractivity contribution in [3.05, 3.63) is 67.4 Å². The predicted octanol–water partition coefficient (Wildman–Crippen LogP) is 4.96. The average Bonchev–Trinajstić information content (AvgIpc) is 3.23. The molecular weight excluding hydrogens is 558 g/mol. The van der Waals surface area contributed by atoms with E-state index in [9.17, 15) is 24.5 Å². The van der Waals surface area contributed by atoms with E-state index in [-0.39, 0.29) is 54.5 Å². The van der Waals surface area contributed by atoms with Crippen LogP contribution in [-0.2, 0) is 16.1 Å². The van der Waals surface area contributed by atoms with Crippen molar-refractivity contribution in [2.45, 2.75) is 77.3 Å². The molecule has 1 unspecified atom stereocenters. The number of carbonyl (C=O) groups excluding carboxylic acids is 2. The van der Waals surface area contributed by atoms with Crippen molar-refractivity contribution in [1.29, 1.82) is 0 Å². The minimum Gasteiger partial charge on any atom is -0.466 e. The molecule has 12 heteroatoms. The van der Waals surface area contributed by atoms with Crippen LogP contribution in [0.3, 0.4) is 0 Å². The number of rotatable bonds is 11. The molecule has 0 aromatic carbocycles. The standard InChI is InChI=1S/C30H39N5O6S/c1-6-41-25(36)15-30(17-34(39)40)11-9-21(10-12-30)19(3)35-20(4)26(22-8-7-13-31-27(22)35)29(38)32-16-23-24(42-5)14-18(2)33-28(23)37/h7-8,13-14,19,21H,6,9-12,15-17H2,1-5H3,(H,32,38)(H,33,37). The summed E-state index contributed by atoms with van der Waals surface area (Å²) >= 11 is 1.46. The number of aromatic amines is 1. The molecule has 0 spiro atoms. The maximum atomic E-state index is 13.6. The number of aromatic nitrogens is 3. The number of carbonyl (C=O) groups is 2. The minimum atomic E-state index is -0.716. The van der Waals surface area contributed by atoms with E-state index in [1.54, 1.807) is 19.2 Å². The number of nitro groups is 1. The second kappa shape index (κ2) is 13.1. The molecule has 1 amide bonds. The second-order valence-electron chi connectivity index (χ2n) is 11.3. The predicted molar refractivity (Wildman–Crippen MR) is 161 cm³/mol. The number of fused-ring (bicyclic) bond motifs is 1. The third-order valence-electron chi connectivity index (χ3n) is 8.58. The lowest BCUT2D eigenvalue weighted by Crippen LogP contribution is -2.38. The summed E-state index contributed by atoms with van der Waals surface area (Å²) in [5.41, 5.74) is 2.31. The molecule has 1 aliphatic carbocycles. The van der Waals surface area contributed by atoms with Crippen LogP contribution in [0.25, 0.3) is 11.0 Å². The van der Waals surface area contributed by atoms with E-state index >= 15 is 0 Å². The van der Waals surface area contributed by atoms with Crippen molar-refractivity contribution in [1.82, 2.24) is 19.9 Å². The largest absolute Gasteiger partial charge is 0.466 e. The van der Waals surface area contributed by atoms with E-state index in [4.69, 9.17) is 4.74 Å². The average molecular weight is 598 g/mol. The van der Waals surface area contributed by atoms with Gasteiger partial charge in [-0.15, -0.1) is 11.8 Å². The van der Waals surface area contributed by atoms with Crippen LogP contribution in [0.4, 0.5) is 0 Å². The third-order valence-corrected chi connectivity index (χ3v) is 9.38. The summed E-state index contributed by atoms with van der Waals surface area (Å²) in [4.78, 5) is 58.0. The molecule has 1 fully saturated rings. The Kier molecular flexibility index (Phi) is 9.75. The van der Waals surface area contributed by atoms with Crippen LogP contribution >= 0.6 is 11.8 Å². The van der Waals surface area contributed by atoms with E-state index in [0.29, 0.717) is 42.5 Å². The van der Waals surface area contributed by atoms with Gasteiger partial charge >= 0.3 is 5.97 Å². The molecule has 1 saturated carbocycles. The zero-order valence-corrected chi connectivity index (χ0v) is 25.6. The van der Waals surface area contributed by atoms with Crippen molar-refractivity contribution >= 4 is 34.7 Å². The normalized spacial score (nSPS) is 19.4. The fourth-order valence-corrected chi connectivity index (χ4v) is 7.17. The molecular formula is C30H39N5O6S. The van der Waals surface area contributed by atoms with Gasteiger partial charge in [0.05, 0.1) is 18.6 Å². The van der Waals surface area contributed by atoms with Gasteiger partial charge in [-0.1, -0.05) is 0 Å². The smallest absolute Gasteiger partial charge is 0.306 e. The first-order chi connectivity index (χ1) is 20.0. The minimum absolute atomic E-state index is 0.0387. The molecule has 0 bridgehead atoms. The summed E-state index contributed by atoms with van der Waals surface area (Å²) in [6.07, 6.45) is 6.14. The van der Waals surface area contributed by atoms with Gasteiger partial charge in [-0.05, 0) is 83.8 Å². The maximum absolute atomic E-state index is 13.6. The Bertz CT molecular complexity index is 1540. The van der Waals surface area contributed by atoms with Crippen molar-refractivity contribution in [3.63, 3.8) is 0 Å². The van der Waals surface area contributed by atoms with Gasteiger partial charge in [0.15, 0.2) is 0 Å². The molecule has 3 aromatic heterocycles.